The van der Waals surface area contributed by atoms with Gasteiger partial charge in [-0.2, -0.15) is 5.10 Å². The van der Waals surface area contributed by atoms with Crippen molar-refractivity contribution in [2.75, 3.05) is 13.1 Å². The van der Waals surface area contributed by atoms with Crippen LogP contribution >= 0.6 is 0 Å². The first kappa shape index (κ1) is 14.4. The monoisotopic (exact) mass is 314 g/mol. The molecule has 1 aromatic carbocycles. The van der Waals surface area contributed by atoms with Crippen LogP contribution in [0.3, 0.4) is 0 Å². The molecule has 5 nitrogen and oxygen atoms in total. The second-order valence-electron chi connectivity index (χ2n) is 6.43. The molecule has 4 rings (SSSR count). The van der Waals surface area contributed by atoms with Crippen molar-refractivity contribution in [3.8, 4) is 0 Å². The van der Waals surface area contributed by atoms with Crippen LogP contribution in [0.15, 0.2) is 36.9 Å². The van der Waals surface area contributed by atoms with E-state index in [1.54, 1.807) is 18.5 Å². The minimum Gasteiger partial charge on any atom is -0.340 e. The first-order chi connectivity index (χ1) is 11.2. The molecule has 1 aliphatic heterocycles. The molecule has 120 valence electrons. The summed E-state index contributed by atoms with van der Waals surface area (Å²) in [6, 6.07) is 6.98. The summed E-state index contributed by atoms with van der Waals surface area (Å²) in [5.74, 6) is -0.0770. The Kier molecular flexibility index (Phi) is 3.59. The van der Waals surface area contributed by atoms with Crippen molar-refractivity contribution in [2.45, 2.75) is 31.2 Å². The van der Waals surface area contributed by atoms with Crippen LogP contribution in [0.2, 0.25) is 0 Å². The fraction of sp³-hybridized carbons (Fsp3) is 0.471. The van der Waals surface area contributed by atoms with Gasteiger partial charge in [-0.25, -0.2) is 14.1 Å². The molecular formula is C17H19FN4O. The lowest BCUT2D eigenvalue weighted by atomic mass is 10.0. The lowest BCUT2D eigenvalue weighted by Crippen LogP contribution is -2.41. The number of piperidine rings is 1. The molecule has 2 fully saturated rings. The summed E-state index contributed by atoms with van der Waals surface area (Å²) in [4.78, 5) is 18.6. The van der Waals surface area contributed by atoms with E-state index in [0.29, 0.717) is 12.1 Å². The van der Waals surface area contributed by atoms with Crippen molar-refractivity contribution in [1.29, 1.82) is 0 Å². The van der Waals surface area contributed by atoms with E-state index < -0.39 is 0 Å². The topological polar surface area (TPSA) is 51.0 Å². The van der Waals surface area contributed by atoms with Crippen molar-refractivity contribution in [3.05, 3.63) is 48.3 Å². The summed E-state index contributed by atoms with van der Waals surface area (Å²) in [5, 5.41) is 4.19. The van der Waals surface area contributed by atoms with Crippen LogP contribution in [0.25, 0.3) is 0 Å². The maximum Gasteiger partial charge on any atom is 0.226 e. The molecule has 1 aromatic heterocycles. The maximum atomic E-state index is 13.9. The predicted molar refractivity (Wildman–Crippen MR) is 82.1 cm³/mol. The van der Waals surface area contributed by atoms with Gasteiger partial charge in [0.15, 0.2) is 0 Å². The van der Waals surface area contributed by atoms with E-state index in [4.69, 9.17) is 0 Å². The first-order valence-corrected chi connectivity index (χ1v) is 8.11. The Balaban J connectivity index is 1.43. The van der Waals surface area contributed by atoms with Gasteiger partial charge in [0.1, 0.15) is 18.5 Å². The van der Waals surface area contributed by atoms with Crippen LogP contribution in [0, 0.1) is 11.7 Å². The number of carbonyl (C=O) groups is 1. The van der Waals surface area contributed by atoms with E-state index in [0.717, 1.165) is 25.8 Å². The Morgan fingerprint density at radius 1 is 1.30 bits per heavy atom. The molecule has 1 saturated carbocycles. The average molecular weight is 314 g/mol. The lowest BCUT2D eigenvalue weighted by Gasteiger charge is -2.32. The lowest BCUT2D eigenvalue weighted by molar-refractivity contribution is -0.134. The van der Waals surface area contributed by atoms with Gasteiger partial charge in [0, 0.05) is 19.0 Å². The van der Waals surface area contributed by atoms with Gasteiger partial charge in [-0.05, 0) is 36.8 Å². The van der Waals surface area contributed by atoms with Gasteiger partial charge in [0.05, 0.1) is 6.04 Å². The number of rotatable bonds is 3. The van der Waals surface area contributed by atoms with Gasteiger partial charge >= 0.3 is 0 Å². The zero-order chi connectivity index (χ0) is 15.8. The summed E-state index contributed by atoms with van der Waals surface area (Å²) in [5.41, 5.74) is 0.677. The number of nitrogens with zero attached hydrogens (tertiary/aromatic N) is 4. The Morgan fingerprint density at radius 3 is 2.96 bits per heavy atom. The van der Waals surface area contributed by atoms with Gasteiger partial charge < -0.3 is 4.90 Å². The second kappa shape index (κ2) is 5.76. The summed E-state index contributed by atoms with van der Waals surface area (Å²) in [6.45, 7) is 1.45. The fourth-order valence-electron chi connectivity index (χ4n) is 3.60. The molecule has 6 heteroatoms. The predicted octanol–water partition coefficient (Wildman–Crippen LogP) is 2.38. The zero-order valence-corrected chi connectivity index (χ0v) is 12.8. The number of carbonyl (C=O) groups excluding carboxylic acids is 1. The van der Waals surface area contributed by atoms with E-state index in [1.807, 2.05) is 15.6 Å². The summed E-state index contributed by atoms with van der Waals surface area (Å²) in [7, 11) is 0. The highest BCUT2D eigenvalue weighted by Gasteiger charge is 2.47. The maximum absolute atomic E-state index is 13.9. The second-order valence-corrected chi connectivity index (χ2v) is 6.43. The van der Waals surface area contributed by atoms with Crippen LogP contribution in [0.5, 0.6) is 0 Å². The van der Waals surface area contributed by atoms with E-state index >= 15 is 0 Å². The average Bonchev–Trinajstić information content (AvgIpc) is 3.17. The summed E-state index contributed by atoms with van der Waals surface area (Å²) >= 11 is 0. The fourth-order valence-corrected chi connectivity index (χ4v) is 3.60. The van der Waals surface area contributed by atoms with Crippen LogP contribution in [-0.4, -0.2) is 38.7 Å². The standard InChI is InChI=1S/C17H19FN4O/c18-16-6-2-1-5-13(16)14-8-15(14)17(23)21-7-3-4-12(9-21)22-11-19-10-20-22/h1-2,5-6,10-12,14-15H,3-4,7-9H2/t12-,14-,15-/m1/s1. The molecule has 23 heavy (non-hydrogen) atoms. The molecule has 0 N–H and O–H groups in total. The third kappa shape index (κ3) is 2.73. The Hall–Kier alpha value is -2.24. The molecule has 0 bridgehead atoms. The van der Waals surface area contributed by atoms with E-state index in [2.05, 4.69) is 10.1 Å². The third-order valence-corrected chi connectivity index (χ3v) is 4.93. The zero-order valence-electron chi connectivity index (χ0n) is 12.8. The highest BCUT2D eigenvalue weighted by molar-refractivity contribution is 5.83. The minimum atomic E-state index is -0.202. The van der Waals surface area contributed by atoms with E-state index in [-0.39, 0.29) is 29.6 Å². The van der Waals surface area contributed by atoms with Gasteiger partial charge in [-0.1, -0.05) is 18.2 Å². The van der Waals surface area contributed by atoms with Crippen LogP contribution in [0.1, 0.15) is 36.8 Å². The number of amides is 1. The summed E-state index contributed by atoms with van der Waals surface area (Å²) in [6.07, 6.45) is 5.96. The highest BCUT2D eigenvalue weighted by atomic mass is 19.1. The molecule has 2 aliphatic rings. The molecule has 3 atom stereocenters. The normalized spacial score (nSPS) is 27.0. The Bertz CT molecular complexity index is 702. The largest absolute Gasteiger partial charge is 0.340 e. The molecule has 2 heterocycles. The number of aromatic nitrogens is 3. The van der Waals surface area contributed by atoms with Crippen molar-refractivity contribution in [3.63, 3.8) is 0 Å². The first-order valence-electron chi connectivity index (χ1n) is 8.11. The van der Waals surface area contributed by atoms with Gasteiger partial charge in [0.2, 0.25) is 5.91 Å². The van der Waals surface area contributed by atoms with Crippen LogP contribution in [-0.2, 0) is 4.79 Å². The molecule has 1 saturated heterocycles. The Labute approximate surface area is 134 Å². The van der Waals surface area contributed by atoms with Crippen molar-refractivity contribution >= 4 is 5.91 Å². The molecule has 1 amide bonds. The van der Waals surface area contributed by atoms with Crippen molar-refractivity contribution < 1.29 is 9.18 Å². The number of hydrogen-bond donors (Lipinski definition) is 0. The van der Waals surface area contributed by atoms with Crippen molar-refractivity contribution in [1.82, 2.24) is 19.7 Å². The molecule has 1 aliphatic carbocycles. The molecule has 0 unspecified atom stereocenters. The van der Waals surface area contributed by atoms with Gasteiger partial charge in [0.25, 0.3) is 0 Å². The SMILES string of the molecule is O=C([C@@H]1C[C@@H]1c1ccccc1F)N1CCC[C@@H](n2cncn2)C1. The molecular weight excluding hydrogens is 295 g/mol. The minimum absolute atomic E-state index is 0.0375. The van der Waals surface area contributed by atoms with E-state index in [9.17, 15) is 9.18 Å². The smallest absolute Gasteiger partial charge is 0.226 e. The van der Waals surface area contributed by atoms with Crippen LogP contribution in [0.4, 0.5) is 4.39 Å². The molecule has 0 radical (unpaired) electrons. The number of benzene rings is 1. The highest BCUT2D eigenvalue weighted by Crippen LogP contribution is 2.49. The molecule has 2 aromatic rings. The van der Waals surface area contributed by atoms with Gasteiger partial charge in [-0.15, -0.1) is 0 Å². The molecule has 0 spiro atoms. The quantitative estimate of drug-likeness (QED) is 0.874. The number of halogens is 1. The van der Waals surface area contributed by atoms with Crippen molar-refractivity contribution in [2.24, 2.45) is 5.92 Å². The number of likely N-dealkylation sites (tertiary alicyclic amines) is 1. The third-order valence-electron chi connectivity index (χ3n) is 4.93. The van der Waals surface area contributed by atoms with Crippen LogP contribution < -0.4 is 0 Å². The Morgan fingerprint density at radius 2 is 2.17 bits per heavy atom. The van der Waals surface area contributed by atoms with Gasteiger partial charge in [-0.3, -0.25) is 4.79 Å². The van der Waals surface area contributed by atoms with E-state index in [1.165, 1.54) is 12.4 Å². The summed E-state index contributed by atoms with van der Waals surface area (Å²) < 4.78 is 15.7. The number of hydrogen-bond acceptors (Lipinski definition) is 3.